The number of aromatic nitrogens is 2. The first-order valence-electron chi connectivity index (χ1n) is 9.24. The molecular formula is C20H27N3. The predicted octanol–water partition coefficient (Wildman–Crippen LogP) is 4.70. The number of rotatable bonds is 6. The molecule has 1 aromatic heterocycles. The van der Waals surface area contributed by atoms with E-state index in [1.165, 1.54) is 50.5 Å². The van der Waals surface area contributed by atoms with Gasteiger partial charge < -0.3 is 10.3 Å². The topological polar surface area (TPSA) is 40.7 Å². The summed E-state index contributed by atoms with van der Waals surface area (Å²) in [5.74, 6) is 2.78. The van der Waals surface area contributed by atoms with Crippen LogP contribution in [0.1, 0.15) is 56.8 Å². The number of hydrogen-bond acceptors (Lipinski definition) is 2. The van der Waals surface area contributed by atoms with Crippen LogP contribution in [0.2, 0.25) is 0 Å². The highest BCUT2D eigenvalue weighted by Gasteiger charge is 2.29. The molecule has 1 atom stereocenters. The third kappa shape index (κ3) is 3.66. The van der Waals surface area contributed by atoms with E-state index in [4.69, 9.17) is 4.98 Å². The average Bonchev–Trinajstić information content (AvgIpc) is 3.32. The van der Waals surface area contributed by atoms with E-state index in [9.17, 15) is 0 Å². The van der Waals surface area contributed by atoms with Crippen LogP contribution < -0.4 is 5.32 Å². The maximum atomic E-state index is 4.94. The number of imidazole rings is 1. The first kappa shape index (κ1) is 14.9. The van der Waals surface area contributed by atoms with Crippen molar-refractivity contribution in [1.82, 2.24) is 15.3 Å². The van der Waals surface area contributed by atoms with Gasteiger partial charge in [0.15, 0.2) is 0 Å². The van der Waals surface area contributed by atoms with Gasteiger partial charge in [-0.2, -0.15) is 0 Å². The molecule has 2 N–H and O–H groups in total. The van der Waals surface area contributed by atoms with Crippen LogP contribution in [-0.4, -0.2) is 16.5 Å². The molecule has 122 valence electrons. The molecule has 1 aromatic carbocycles. The Balaban J connectivity index is 1.53. The molecule has 3 nitrogen and oxygen atoms in total. The Morgan fingerprint density at radius 3 is 2.57 bits per heavy atom. The molecule has 2 aliphatic carbocycles. The molecule has 2 fully saturated rings. The van der Waals surface area contributed by atoms with E-state index in [-0.39, 0.29) is 0 Å². The Kier molecular flexibility index (Phi) is 4.47. The standard InChI is InChI=1S/C20H27N3/c1-3-7-16(8-4-1)18-14-22-20(23-18)19(21-13-15-11-12-15)17-9-5-2-6-10-17/h1,3-4,7-8,14-15,17,19,21H,2,5-6,9-13H2,(H,22,23). The molecule has 0 aliphatic heterocycles. The fourth-order valence-electron chi connectivity index (χ4n) is 3.82. The average molecular weight is 309 g/mol. The Labute approximate surface area is 138 Å². The first-order valence-corrected chi connectivity index (χ1v) is 9.24. The van der Waals surface area contributed by atoms with Crippen molar-refractivity contribution in [2.24, 2.45) is 11.8 Å². The van der Waals surface area contributed by atoms with Crippen LogP contribution in [0, 0.1) is 11.8 Å². The summed E-state index contributed by atoms with van der Waals surface area (Å²) < 4.78 is 0. The molecule has 2 aromatic rings. The molecule has 2 aliphatic rings. The van der Waals surface area contributed by atoms with Gasteiger partial charge in [-0.15, -0.1) is 0 Å². The SMILES string of the molecule is c1ccc(-c2c[nH]c(C(NCC3CC3)C3CCCCC3)n2)cc1. The number of nitrogens with zero attached hydrogens (tertiary/aromatic N) is 1. The summed E-state index contributed by atoms with van der Waals surface area (Å²) in [5, 5.41) is 3.84. The van der Waals surface area contributed by atoms with Crippen molar-refractivity contribution < 1.29 is 0 Å². The number of nitrogens with one attached hydrogen (secondary N) is 2. The van der Waals surface area contributed by atoms with Crippen molar-refractivity contribution in [2.45, 2.75) is 51.0 Å². The number of hydrogen-bond donors (Lipinski definition) is 2. The molecule has 4 rings (SSSR count). The molecule has 3 heteroatoms. The molecule has 23 heavy (non-hydrogen) atoms. The minimum Gasteiger partial charge on any atom is -0.347 e. The van der Waals surface area contributed by atoms with E-state index in [1.807, 2.05) is 0 Å². The quantitative estimate of drug-likeness (QED) is 0.812. The molecule has 0 amide bonds. The van der Waals surface area contributed by atoms with Crippen LogP contribution in [0.15, 0.2) is 36.5 Å². The minimum absolute atomic E-state index is 0.397. The van der Waals surface area contributed by atoms with E-state index in [2.05, 4.69) is 46.8 Å². The predicted molar refractivity (Wildman–Crippen MR) is 94.1 cm³/mol. The van der Waals surface area contributed by atoms with E-state index >= 15 is 0 Å². The monoisotopic (exact) mass is 309 g/mol. The fourth-order valence-corrected chi connectivity index (χ4v) is 3.82. The van der Waals surface area contributed by atoms with Gasteiger partial charge in [-0.3, -0.25) is 0 Å². The Hall–Kier alpha value is -1.61. The van der Waals surface area contributed by atoms with Crippen LogP contribution in [-0.2, 0) is 0 Å². The molecule has 0 radical (unpaired) electrons. The maximum Gasteiger partial charge on any atom is 0.124 e. The second-order valence-electron chi connectivity index (χ2n) is 7.26. The van der Waals surface area contributed by atoms with E-state index in [1.54, 1.807) is 0 Å². The van der Waals surface area contributed by atoms with Crippen molar-refractivity contribution in [1.29, 1.82) is 0 Å². The summed E-state index contributed by atoms with van der Waals surface area (Å²) in [6.07, 6.45) is 11.7. The van der Waals surface area contributed by atoms with Crippen molar-refractivity contribution in [3.05, 3.63) is 42.4 Å². The first-order chi connectivity index (χ1) is 11.4. The Bertz CT molecular complexity index is 609. The van der Waals surface area contributed by atoms with Gasteiger partial charge in [0.05, 0.1) is 11.7 Å². The zero-order valence-electron chi connectivity index (χ0n) is 13.8. The zero-order chi connectivity index (χ0) is 15.5. The Morgan fingerprint density at radius 2 is 1.83 bits per heavy atom. The van der Waals surface area contributed by atoms with Crippen LogP contribution in [0.25, 0.3) is 11.3 Å². The highest BCUT2D eigenvalue weighted by Crippen LogP contribution is 2.35. The van der Waals surface area contributed by atoms with Crippen molar-refractivity contribution in [2.75, 3.05) is 6.54 Å². The van der Waals surface area contributed by atoms with Gasteiger partial charge in [0.1, 0.15) is 5.82 Å². The second kappa shape index (κ2) is 6.88. The molecule has 0 bridgehead atoms. The summed E-state index contributed by atoms with van der Waals surface area (Å²) in [4.78, 5) is 8.41. The lowest BCUT2D eigenvalue weighted by Gasteiger charge is -2.30. The summed E-state index contributed by atoms with van der Waals surface area (Å²) in [6, 6.07) is 10.9. The molecule has 1 unspecified atom stereocenters. The van der Waals surface area contributed by atoms with Crippen LogP contribution in [0.4, 0.5) is 0 Å². The van der Waals surface area contributed by atoms with Gasteiger partial charge in [0.25, 0.3) is 0 Å². The van der Waals surface area contributed by atoms with Gasteiger partial charge in [0, 0.05) is 11.8 Å². The van der Waals surface area contributed by atoms with Crippen LogP contribution in [0.5, 0.6) is 0 Å². The summed E-state index contributed by atoms with van der Waals surface area (Å²) in [7, 11) is 0. The smallest absolute Gasteiger partial charge is 0.124 e. The lowest BCUT2D eigenvalue weighted by molar-refractivity contribution is 0.262. The third-order valence-corrected chi connectivity index (χ3v) is 5.41. The fraction of sp³-hybridized carbons (Fsp3) is 0.550. The zero-order valence-corrected chi connectivity index (χ0v) is 13.8. The second-order valence-corrected chi connectivity index (χ2v) is 7.26. The molecular weight excluding hydrogens is 282 g/mol. The normalized spacial score (nSPS) is 20.5. The molecule has 0 saturated heterocycles. The van der Waals surface area contributed by atoms with Gasteiger partial charge >= 0.3 is 0 Å². The number of H-pyrrole nitrogens is 1. The summed E-state index contributed by atoms with van der Waals surface area (Å²) in [5.41, 5.74) is 2.26. The largest absolute Gasteiger partial charge is 0.347 e. The maximum absolute atomic E-state index is 4.94. The summed E-state index contributed by atoms with van der Waals surface area (Å²) in [6.45, 7) is 1.16. The van der Waals surface area contributed by atoms with E-state index in [0.717, 1.165) is 29.9 Å². The van der Waals surface area contributed by atoms with Crippen molar-refractivity contribution in [3.8, 4) is 11.3 Å². The number of benzene rings is 1. The van der Waals surface area contributed by atoms with E-state index in [0.29, 0.717) is 6.04 Å². The Morgan fingerprint density at radius 1 is 1.04 bits per heavy atom. The molecule has 0 spiro atoms. The molecule has 1 heterocycles. The van der Waals surface area contributed by atoms with Crippen LogP contribution >= 0.6 is 0 Å². The summed E-state index contributed by atoms with van der Waals surface area (Å²) >= 11 is 0. The van der Waals surface area contributed by atoms with Crippen molar-refractivity contribution >= 4 is 0 Å². The lowest BCUT2D eigenvalue weighted by atomic mass is 9.83. The van der Waals surface area contributed by atoms with Gasteiger partial charge in [-0.1, -0.05) is 49.6 Å². The van der Waals surface area contributed by atoms with Gasteiger partial charge in [-0.25, -0.2) is 4.98 Å². The minimum atomic E-state index is 0.397. The van der Waals surface area contributed by atoms with E-state index < -0.39 is 0 Å². The lowest BCUT2D eigenvalue weighted by Crippen LogP contribution is -2.32. The third-order valence-electron chi connectivity index (χ3n) is 5.41. The van der Waals surface area contributed by atoms with Gasteiger partial charge in [0.2, 0.25) is 0 Å². The van der Waals surface area contributed by atoms with Gasteiger partial charge in [-0.05, 0) is 44.1 Å². The number of aromatic amines is 1. The van der Waals surface area contributed by atoms with Crippen LogP contribution in [0.3, 0.4) is 0 Å². The highest BCUT2D eigenvalue weighted by atomic mass is 15.0. The molecule has 2 saturated carbocycles. The highest BCUT2D eigenvalue weighted by molar-refractivity contribution is 5.58. The van der Waals surface area contributed by atoms with Crippen molar-refractivity contribution in [3.63, 3.8) is 0 Å².